The molecule has 0 saturated heterocycles. The van der Waals surface area contributed by atoms with Gasteiger partial charge >= 0.3 is 0 Å². The molecule has 0 radical (unpaired) electrons. The Balaban J connectivity index is 1.09. The molecular weight excluding hydrogens is 470 g/mol. The lowest BCUT2D eigenvalue weighted by atomic mass is 9.47. The second kappa shape index (κ2) is 10.8. The van der Waals surface area contributed by atoms with Gasteiger partial charge in [0.2, 0.25) is 5.95 Å². The van der Waals surface area contributed by atoms with Gasteiger partial charge in [-0.05, 0) is 106 Å². The summed E-state index contributed by atoms with van der Waals surface area (Å²) in [6.07, 6.45) is 13.6. The van der Waals surface area contributed by atoms with Crippen molar-refractivity contribution in [3.63, 3.8) is 0 Å². The lowest BCUT2D eigenvalue weighted by Crippen LogP contribution is -2.61. The zero-order valence-electron chi connectivity index (χ0n) is 23.0. The molecule has 202 valence electrons. The molecule has 7 nitrogen and oxygen atoms in total. The first-order valence-electron chi connectivity index (χ1n) is 14.8. The SMILES string of the molecule is CNC1CCC(NC2C3CC4C[C@@H]2CC(CNc2nc(NCc5ccccc5C)ncc2C#N)(C4)C3)CC1. The lowest BCUT2D eigenvalue weighted by molar-refractivity contribution is -0.0730. The summed E-state index contributed by atoms with van der Waals surface area (Å²) in [7, 11) is 2.10. The molecule has 38 heavy (non-hydrogen) atoms. The largest absolute Gasteiger partial charge is 0.368 e. The van der Waals surface area contributed by atoms with E-state index in [0.29, 0.717) is 47.4 Å². The van der Waals surface area contributed by atoms with Crippen molar-refractivity contribution in [2.24, 2.45) is 23.2 Å². The summed E-state index contributed by atoms with van der Waals surface area (Å²) in [5.41, 5.74) is 3.31. The lowest BCUT2D eigenvalue weighted by Gasteiger charge is -2.61. The van der Waals surface area contributed by atoms with E-state index in [-0.39, 0.29) is 0 Å². The average molecular weight is 514 g/mol. The number of nitrogens with zero attached hydrogens (tertiary/aromatic N) is 3. The standard InChI is InChI=1S/C31H43N7/c1-20-5-3-4-6-22(20)17-34-30-35-18-25(16-32)29(38-30)36-19-31-13-21-11-23(14-31)28(24(12-21)15-31)37-27-9-7-26(33-2)8-10-27/h3-6,18,21,23-24,26-28,33,37H,7-15,17,19H2,1-2H3,(H2,34,35,36,38)/t21?,23-,24?,26?,27?,28?,31?/m1/s1. The zero-order chi connectivity index (χ0) is 26.1. The summed E-state index contributed by atoms with van der Waals surface area (Å²) in [6, 6.07) is 12.7. The van der Waals surface area contributed by atoms with Crippen molar-refractivity contribution in [2.75, 3.05) is 24.2 Å². The minimum Gasteiger partial charge on any atom is -0.368 e. The van der Waals surface area contributed by atoms with Crippen molar-refractivity contribution in [1.29, 1.82) is 5.26 Å². The van der Waals surface area contributed by atoms with E-state index >= 15 is 0 Å². The first-order valence-corrected chi connectivity index (χ1v) is 14.8. The molecular formula is C31H43N7. The molecule has 1 heterocycles. The van der Waals surface area contributed by atoms with Crippen LogP contribution in [0.1, 0.15) is 74.5 Å². The molecule has 2 aromatic rings. The average Bonchev–Trinajstić information content (AvgIpc) is 2.93. The predicted molar refractivity (Wildman–Crippen MR) is 152 cm³/mol. The third kappa shape index (κ3) is 5.26. The van der Waals surface area contributed by atoms with Crippen LogP contribution in [0.25, 0.3) is 0 Å². The van der Waals surface area contributed by atoms with Crippen LogP contribution >= 0.6 is 0 Å². The first-order chi connectivity index (χ1) is 18.5. The van der Waals surface area contributed by atoms with E-state index < -0.39 is 0 Å². The fraction of sp³-hybridized carbons (Fsp3) is 0.645. The van der Waals surface area contributed by atoms with Crippen LogP contribution in [0.5, 0.6) is 0 Å². The third-order valence-corrected chi connectivity index (χ3v) is 10.2. The van der Waals surface area contributed by atoms with Crippen LogP contribution in [0.4, 0.5) is 11.8 Å². The Labute approximate surface area is 227 Å². The third-order valence-electron chi connectivity index (χ3n) is 10.2. The Morgan fingerprint density at radius 2 is 1.74 bits per heavy atom. The topological polar surface area (TPSA) is 97.7 Å². The van der Waals surface area contributed by atoms with Gasteiger partial charge in [0.05, 0.1) is 6.20 Å². The van der Waals surface area contributed by atoms with Crippen LogP contribution in [0.3, 0.4) is 0 Å². The Morgan fingerprint density at radius 1 is 1.00 bits per heavy atom. The maximum atomic E-state index is 9.73. The molecule has 0 aliphatic heterocycles. The molecule has 5 atom stereocenters. The van der Waals surface area contributed by atoms with Crippen molar-refractivity contribution in [3.8, 4) is 6.07 Å². The number of hydrogen-bond acceptors (Lipinski definition) is 7. The molecule has 4 N–H and O–H groups in total. The minimum atomic E-state index is 0.324. The van der Waals surface area contributed by atoms with Gasteiger partial charge in [-0.15, -0.1) is 0 Å². The minimum absolute atomic E-state index is 0.324. The first kappa shape index (κ1) is 25.6. The van der Waals surface area contributed by atoms with Gasteiger partial charge in [0.15, 0.2) is 0 Å². The molecule has 5 saturated carbocycles. The van der Waals surface area contributed by atoms with Crippen LogP contribution in [0.15, 0.2) is 30.5 Å². The molecule has 1 aromatic heterocycles. The normalized spacial score (nSPS) is 33.6. The molecule has 5 fully saturated rings. The maximum absolute atomic E-state index is 9.73. The number of aromatic nitrogens is 2. The fourth-order valence-corrected chi connectivity index (χ4v) is 8.44. The van der Waals surface area contributed by atoms with E-state index in [4.69, 9.17) is 4.98 Å². The molecule has 0 spiro atoms. The fourth-order valence-electron chi connectivity index (χ4n) is 8.44. The maximum Gasteiger partial charge on any atom is 0.224 e. The highest BCUT2D eigenvalue weighted by Gasteiger charge is 2.55. The summed E-state index contributed by atoms with van der Waals surface area (Å²) < 4.78 is 0. The number of nitrogens with one attached hydrogen (secondary N) is 4. The van der Waals surface area contributed by atoms with Crippen LogP contribution < -0.4 is 21.3 Å². The summed E-state index contributed by atoms with van der Waals surface area (Å²) in [5, 5.41) is 24.4. The van der Waals surface area contributed by atoms with Gasteiger partial charge in [-0.2, -0.15) is 10.2 Å². The van der Waals surface area contributed by atoms with E-state index in [0.717, 1.165) is 24.3 Å². The Hall–Kier alpha value is -2.69. The van der Waals surface area contributed by atoms with Crippen molar-refractivity contribution in [3.05, 3.63) is 47.2 Å². The van der Waals surface area contributed by atoms with Crippen LogP contribution in [-0.2, 0) is 6.54 Å². The monoisotopic (exact) mass is 513 g/mol. The highest BCUT2D eigenvalue weighted by molar-refractivity contribution is 5.53. The number of rotatable bonds is 9. The Bertz CT molecular complexity index is 1150. The molecule has 5 aliphatic carbocycles. The van der Waals surface area contributed by atoms with E-state index in [1.807, 2.05) is 0 Å². The summed E-state index contributed by atoms with van der Waals surface area (Å²) in [5.74, 6) is 3.67. The molecule has 0 amide bonds. The summed E-state index contributed by atoms with van der Waals surface area (Å²) in [4.78, 5) is 9.15. The highest BCUT2D eigenvalue weighted by atomic mass is 15.1. The van der Waals surface area contributed by atoms with E-state index in [9.17, 15) is 5.26 Å². The van der Waals surface area contributed by atoms with Gasteiger partial charge in [0.25, 0.3) is 0 Å². The number of benzene rings is 1. The number of nitriles is 1. The summed E-state index contributed by atoms with van der Waals surface area (Å²) in [6.45, 7) is 3.68. The van der Waals surface area contributed by atoms with E-state index in [2.05, 4.69) is 70.6 Å². The molecule has 5 aliphatic rings. The predicted octanol–water partition coefficient (Wildman–Crippen LogP) is 5.00. The quantitative estimate of drug-likeness (QED) is 0.375. The molecule has 7 heteroatoms. The van der Waals surface area contributed by atoms with Gasteiger partial charge in [-0.1, -0.05) is 24.3 Å². The number of hydrogen-bond donors (Lipinski definition) is 4. The smallest absolute Gasteiger partial charge is 0.224 e. The Morgan fingerprint density at radius 3 is 2.45 bits per heavy atom. The van der Waals surface area contributed by atoms with Crippen molar-refractivity contribution < 1.29 is 0 Å². The van der Waals surface area contributed by atoms with Gasteiger partial charge in [-0.3, -0.25) is 0 Å². The van der Waals surface area contributed by atoms with Crippen LogP contribution in [-0.4, -0.2) is 41.7 Å². The second-order valence-corrected chi connectivity index (χ2v) is 12.7. The molecule has 4 bridgehead atoms. The molecule has 7 rings (SSSR count). The van der Waals surface area contributed by atoms with Crippen LogP contribution in [0.2, 0.25) is 0 Å². The molecule has 4 unspecified atom stereocenters. The van der Waals surface area contributed by atoms with Gasteiger partial charge in [0.1, 0.15) is 17.5 Å². The summed E-state index contributed by atoms with van der Waals surface area (Å²) >= 11 is 0. The van der Waals surface area contributed by atoms with E-state index in [1.165, 1.54) is 68.9 Å². The van der Waals surface area contributed by atoms with Crippen molar-refractivity contribution in [2.45, 2.75) is 89.4 Å². The molecule has 1 aromatic carbocycles. The van der Waals surface area contributed by atoms with Gasteiger partial charge in [0, 0.05) is 31.2 Å². The zero-order valence-corrected chi connectivity index (χ0v) is 23.0. The number of anilines is 2. The Kier molecular flexibility index (Phi) is 7.29. The van der Waals surface area contributed by atoms with Crippen LogP contribution in [0, 0.1) is 41.4 Å². The second-order valence-electron chi connectivity index (χ2n) is 12.7. The van der Waals surface area contributed by atoms with Crippen molar-refractivity contribution in [1.82, 2.24) is 20.6 Å². The van der Waals surface area contributed by atoms with Crippen molar-refractivity contribution >= 4 is 11.8 Å². The number of aryl methyl sites for hydroxylation is 1. The van der Waals surface area contributed by atoms with E-state index in [1.54, 1.807) is 6.20 Å². The van der Waals surface area contributed by atoms with Gasteiger partial charge in [-0.25, -0.2) is 4.98 Å². The highest BCUT2D eigenvalue weighted by Crippen LogP contribution is 2.60. The van der Waals surface area contributed by atoms with Gasteiger partial charge < -0.3 is 21.3 Å².